The van der Waals surface area contributed by atoms with Crippen LogP contribution in [0.25, 0.3) is 0 Å². The van der Waals surface area contributed by atoms with Crippen molar-refractivity contribution in [2.45, 2.75) is 49.5 Å². The number of hydrogen-bond acceptors (Lipinski definition) is 10. The van der Waals surface area contributed by atoms with E-state index in [2.05, 4.69) is 29.1 Å². The molecule has 0 saturated carbocycles. The minimum atomic E-state index is -2.08. The van der Waals surface area contributed by atoms with Crippen LogP contribution in [0.3, 0.4) is 0 Å². The summed E-state index contributed by atoms with van der Waals surface area (Å²) in [5.41, 5.74) is 1.24. The molecule has 5 aromatic carbocycles. The molecular weight excluding hydrogens is 825 g/mol. The Labute approximate surface area is 377 Å². The van der Waals surface area contributed by atoms with Gasteiger partial charge in [0.25, 0.3) is 0 Å². The zero-order valence-electron chi connectivity index (χ0n) is 36.3. The fraction of sp³-hybridized carbons (Fsp3) is 0.250. The fourth-order valence-electron chi connectivity index (χ4n) is 9.57. The number of phenols is 1. The highest BCUT2D eigenvalue weighted by atomic mass is 16.6. The number of methoxy groups -OCH3 is 2. The van der Waals surface area contributed by atoms with E-state index in [1.807, 2.05) is 65.6 Å². The molecule has 3 heterocycles. The van der Waals surface area contributed by atoms with Crippen LogP contribution in [0.4, 0.5) is 10.5 Å². The van der Waals surface area contributed by atoms with E-state index >= 15 is 14.4 Å². The van der Waals surface area contributed by atoms with E-state index < -0.39 is 77.3 Å². The van der Waals surface area contributed by atoms with Crippen LogP contribution < -0.4 is 20.3 Å². The van der Waals surface area contributed by atoms with Gasteiger partial charge < -0.3 is 30.0 Å². The normalized spacial score (nSPS) is 22.5. The number of carbonyl (C=O) groups excluding carboxylic acids is 5. The molecule has 3 aliphatic heterocycles. The number of anilines is 1. The first kappa shape index (κ1) is 43.9. The molecule has 2 fully saturated rings. The second-order valence-electron chi connectivity index (χ2n) is 16.4. The quantitative estimate of drug-likeness (QED) is 0.0785. The summed E-state index contributed by atoms with van der Waals surface area (Å²) in [6.45, 7) is 7.24. The number of nitrogens with one attached hydrogen (secondary N) is 2. The number of imide groups is 1. The van der Waals surface area contributed by atoms with Crippen LogP contribution in [0.15, 0.2) is 140 Å². The van der Waals surface area contributed by atoms with Crippen molar-refractivity contribution < 1.29 is 43.3 Å². The van der Waals surface area contributed by atoms with Gasteiger partial charge in [0.2, 0.25) is 11.8 Å². The van der Waals surface area contributed by atoms with Crippen LogP contribution in [0.5, 0.6) is 11.5 Å². The Kier molecular flexibility index (Phi) is 12.3. The summed E-state index contributed by atoms with van der Waals surface area (Å²) >= 11 is 0. The number of cyclic esters (lactones) is 1. The summed E-state index contributed by atoms with van der Waals surface area (Å²) in [4.78, 5) is 77.5. The van der Waals surface area contributed by atoms with Gasteiger partial charge in [-0.15, -0.1) is 6.58 Å². The van der Waals surface area contributed by atoms with Crippen molar-refractivity contribution >= 4 is 35.5 Å². The largest absolute Gasteiger partial charge is 0.508 e. The van der Waals surface area contributed by atoms with E-state index in [0.29, 0.717) is 28.0 Å². The van der Waals surface area contributed by atoms with Crippen LogP contribution in [-0.4, -0.2) is 72.6 Å². The third kappa shape index (κ3) is 7.76. The van der Waals surface area contributed by atoms with Crippen LogP contribution in [0.2, 0.25) is 0 Å². The summed E-state index contributed by atoms with van der Waals surface area (Å²) in [5.74, 6) is 1.98. The molecule has 7 unspecified atom stereocenters. The van der Waals surface area contributed by atoms with Gasteiger partial charge >= 0.3 is 18.0 Å². The van der Waals surface area contributed by atoms with E-state index in [9.17, 15) is 14.7 Å². The van der Waals surface area contributed by atoms with Crippen LogP contribution in [-0.2, 0) is 34.1 Å². The van der Waals surface area contributed by atoms with Crippen LogP contribution in [0, 0.1) is 23.7 Å². The van der Waals surface area contributed by atoms with Crippen molar-refractivity contribution in [3.63, 3.8) is 0 Å². The zero-order valence-corrected chi connectivity index (χ0v) is 36.3. The number of morpholine rings is 1. The lowest BCUT2D eigenvalue weighted by Crippen LogP contribution is -2.57. The number of benzene rings is 5. The van der Waals surface area contributed by atoms with Crippen molar-refractivity contribution in [3.05, 3.63) is 173 Å². The molecule has 3 aliphatic rings. The van der Waals surface area contributed by atoms with Gasteiger partial charge in [-0.1, -0.05) is 105 Å². The maximum Gasteiger partial charge on any atom is 0.329 e. The third-order valence-corrected chi connectivity index (χ3v) is 12.4. The number of aromatic hydroxyl groups is 1. The molecule has 0 bridgehead atoms. The number of carbonyl (C=O) groups is 5. The highest BCUT2D eigenvalue weighted by molar-refractivity contribution is 6.25. The molecule has 0 aliphatic carbocycles. The second kappa shape index (κ2) is 18.2. The summed E-state index contributed by atoms with van der Waals surface area (Å²) in [7, 11) is 2.78. The summed E-state index contributed by atoms with van der Waals surface area (Å²) in [6, 6.07) is 31.5. The molecule has 5 aromatic rings. The summed E-state index contributed by atoms with van der Waals surface area (Å²) in [5, 5.41) is 16.3. The Morgan fingerprint density at radius 2 is 1.46 bits per heavy atom. The first-order chi connectivity index (χ1) is 31.4. The average molecular weight is 873 g/mol. The monoisotopic (exact) mass is 872 g/mol. The molecule has 7 atom stereocenters. The lowest BCUT2D eigenvalue weighted by atomic mass is 9.65. The molecule has 4 amide bonds. The Hall–Kier alpha value is -7.69. The van der Waals surface area contributed by atoms with Gasteiger partial charge in [0.1, 0.15) is 35.1 Å². The number of ether oxygens (including phenoxy) is 3. The zero-order chi connectivity index (χ0) is 46.0. The molecule has 330 valence electrons. The molecule has 13 heteroatoms. The number of hydrogen-bond donors (Lipinski definition) is 3. The Balaban J connectivity index is 1.44. The molecule has 3 N–H and O–H groups in total. The SMILES string of the molecule is C=CCNC(=O)C1C2C(=O)OC(c3ccccc3)C(c3ccccc3)N2C(c2ccc(O)cc2)C12C(=O)N(C(=O)NC(C(=O)OC)C(C)C)c1ccc(C#Cc3ccc(OC)cc3)cc12. The summed E-state index contributed by atoms with van der Waals surface area (Å²) < 4.78 is 16.8. The van der Waals surface area contributed by atoms with Crippen molar-refractivity contribution in [1.29, 1.82) is 0 Å². The molecule has 65 heavy (non-hydrogen) atoms. The van der Waals surface area contributed by atoms with Crippen LogP contribution >= 0.6 is 0 Å². The standard InChI is InChI=1S/C52H48N4O9/c1-6-29-53-47(58)41-44-49(60)65-45(35-15-11-8-12-16-35)43(34-13-9-7-10-14-34)56(44)46(36-22-24-37(57)25-23-36)52(41)39-30-33(18-17-32-19-26-38(63-4)27-20-32)21-28-40(39)55(50(52)61)51(62)54-42(31(2)3)48(59)64-5/h6-16,19-28,30-31,41-46,57H,1,29H2,2-5H3,(H,53,58)(H,54,62). The van der Waals surface area contributed by atoms with Gasteiger partial charge in [-0.25, -0.2) is 14.5 Å². The molecule has 0 radical (unpaired) electrons. The van der Waals surface area contributed by atoms with E-state index in [4.69, 9.17) is 14.2 Å². The smallest absolute Gasteiger partial charge is 0.329 e. The molecular formula is C52H48N4O9. The van der Waals surface area contributed by atoms with E-state index in [1.54, 1.807) is 75.6 Å². The van der Waals surface area contributed by atoms with Gasteiger partial charge in [-0.3, -0.25) is 19.3 Å². The second-order valence-corrected chi connectivity index (χ2v) is 16.4. The molecule has 8 rings (SSSR count). The van der Waals surface area contributed by atoms with Gasteiger partial charge in [-0.05, 0) is 82.8 Å². The predicted molar refractivity (Wildman–Crippen MR) is 241 cm³/mol. The average Bonchev–Trinajstić information content (AvgIpc) is 3.78. The Morgan fingerprint density at radius 3 is 2.08 bits per heavy atom. The number of nitrogens with zero attached hydrogens (tertiary/aromatic N) is 2. The van der Waals surface area contributed by atoms with Gasteiger partial charge in [-0.2, -0.15) is 0 Å². The first-order valence-corrected chi connectivity index (χ1v) is 21.2. The highest BCUT2D eigenvalue weighted by Gasteiger charge is 2.75. The number of phenolic OH excluding ortho intramolecular Hbond substituents is 1. The Morgan fingerprint density at radius 1 is 0.831 bits per heavy atom. The first-order valence-electron chi connectivity index (χ1n) is 21.2. The fourth-order valence-corrected chi connectivity index (χ4v) is 9.57. The number of amides is 4. The molecule has 1 spiro atoms. The highest BCUT2D eigenvalue weighted by Crippen LogP contribution is 2.66. The lowest BCUT2D eigenvalue weighted by molar-refractivity contribution is -0.178. The van der Waals surface area contributed by atoms with Gasteiger partial charge in [0.15, 0.2) is 0 Å². The van der Waals surface area contributed by atoms with Gasteiger partial charge in [0, 0.05) is 17.7 Å². The van der Waals surface area contributed by atoms with Crippen molar-refractivity contribution in [3.8, 4) is 23.3 Å². The van der Waals surface area contributed by atoms with E-state index in [0.717, 1.165) is 10.5 Å². The van der Waals surface area contributed by atoms with E-state index in [-0.39, 0.29) is 23.5 Å². The number of urea groups is 1. The molecule has 0 aromatic heterocycles. The minimum absolute atomic E-state index is 0.0143. The van der Waals surface area contributed by atoms with Crippen molar-refractivity contribution in [2.75, 3.05) is 25.7 Å². The van der Waals surface area contributed by atoms with Gasteiger partial charge in [0.05, 0.1) is 37.9 Å². The van der Waals surface area contributed by atoms with Crippen molar-refractivity contribution in [1.82, 2.24) is 15.5 Å². The maximum absolute atomic E-state index is 16.3. The lowest BCUT2D eigenvalue weighted by Gasteiger charge is -2.46. The third-order valence-electron chi connectivity index (χ3n) is 12.4. The van der Waals surface area contributed by atoms with Crippen molar-refractivity contribution in [2.24, 2.45) is 11.8 Å². The number of rotatable bonds is 10. The summed E-state index contributed by atoms with van der Waals surface area (Å²) in [6.07, 6.45) is 0.556. The van der Waals surface area contributed by atoms with Crippen LogP contribution in [0.1, 0.15) is 65.4 Å². The minimum Gasteiger partial charge on any atom is -0.508 e. The topological polar surface area (TPSA) is 164 Å². The predicted octanol–water partition coefficient (Wildman–Crippen LogP) is 6.68. The number of esters is 2. The van der Waals surface area contributed by atoms with E-state index in [1.165, 1.54) is 25.3 Å². The molecule has 13 nitrogen and oxygen atoms in total. The Bertz CT molecular complexity index is 2700. The molecule has 2 saturated heterocycles. The maximum atomic E-state index is 16.3. The number of fused-ring (bicyclic) bond motifs is 3.